The standard InChI is InChI=1S/C23H28ClN5O2/c1-16-15-29(11-12-31-16)21-4-2-3-20(26-21)27-22(30)17-14-25-19(24)13-18(17)28-9-7-23(5-6-23)8-10-28/h2-4,13-14,16H,5-12,15H2,1H3,(H,26,27,30)/t16-/m1/s1. The lowest BCUT2D eigenvalue weighted by Crippen LogP contribution is -2.41. The maximum Gasteiger partial charge on any atom is 0.260 e. The molecule has 8 heteroatoms. The zero-order chi connectivity index (χ0) is 21.4. The van der Waals surface area contributed by atoms with Gasteiger partial charge in [0, 0.05) is 32.4 Å². The number of carbonyl (C=O) groups excluding carboxylic acids is 1. The monoisotopic (exact) mass is 441 g/mol. The fourth-order valence-electron chi connectivity index (χ4n) is 4.63. The molecule has 2 aromatic heterocycles. The Labute approximate surface area is 187 Å². The molecule has 0 bridgehead atoms. The second-order valence-corrected chi connectivity index (χ2v) is 9.36. The fourth-order valence-corrected chi connectivity index (χ4v) is 4.79. The number of carbonyl (C=O) groups is 1. The first-order chi connectivity index (χ1) is 15.0. The van der Waals surface area contributed by atoms with Gasteiger partial charge >= 0.3 is 0 Å². The molecule has 3 aliphatic rings. The summed E-state index contributed by atoms with van der Waals surface area (Å²) in [6, 6.07) is 7.50. The number of ether oxygens (including phenoxy) is 1. The van der Waals surface area contributed by atoms with Gasteiger partial charge in [0.1, 0.15) is 16.8 Å². The number of piperidine rings is 1. The Morgan fingerprint density at radius 1 is 1.19 bits per heavy atom. The molecule has 4 heterocycles. The third-order valence-electron chi connectivity index (χ3n) is 6.76. The minimum atomic E-state index is -0.217. The number of nitrogens with one attached hydrogen (secondary N) is 1. The van der Waals surface area contributed by atoms with Gasteiger partial charge in [-0.05, 0) is 56.2 Å². The number of anilines is 3. The highest BCUT2D eigenvalue weighted by Gasteiger charge is 2.44. The molecule has 164 valence electrons. The van der Waals surface area contributed by atoms with E-state index in [1.165, 1.54) is 25.7 Å². The minimum Gasteiger partial charge on any atom is -0.375 e. The Hall–Kier alpha value is -2.38. The van der Waals surface area contributed by atoms with E-state index in [4.69, 9.17) is 16.3 Å². The van der Waals surface area contributed by atoms with Crippen LogP contribution in [0.1, 0.15) is 43.0 Å². The lowest BCUT2D eigenvalue weighted by atomic mass is 9.93. The Balaban J connectivity index is 1.33. The van der Waals surface area contributed by atoms with Crippen LogP contribution in [0.5, 0.6) is 0 Å². The number of aromatic nitrogens is 2. The van der Waals surface area contributed by atoms with Gasteiger partial charge in [0.25, 0.3) is 5.91 Å². The van der Waals surface area contributed by atoms with Gasteiger partial charge in [-0.2, -0.15) is 0 Å². The first kappa shape index (κ1) is 20.5. The molecular weight excluding hydrogens is 414 g/mol. The molecule has 0 aromatic carbocycles. The number of rotatable bonds is 4. The number of halogens is 1. The summed E-state index contributed by atoms with van der Waals surface area (Å²) in [5.41, 5.74) is 1.95. The van der Waals surface area contributed by atoms with E-state index in [1.54, 1.807) is 12.3 Å². The van der Waals surface area contributed by atoms with Crippen molar-refractivity contribution in [2.45, 2.75) is 38.7 Å². The molecule has 1 atom stereocenters. The summed E-state index contributed by atoms with van der Waals surface area (Å²) in [6.07, 6.45) is 6.77. The molecule has 1 amide bonds. The summed E-state index contributed by atoms with van der Waals surface area (Å²) in [5.74, 6) is 1.15. The lowest BCUT2D eigenvalue weighted by molar-refractivity contribution is 0.0529. The zero-order valence-electron chi connectivity index (χ0n) is 17.8. The molecule has 0 radical (unpaired) electrons. The van der Waals surface area contributed by atoms with Gasteiger partial charge < -0.3 is 19.9 Å². The van der Waals surface area contributed by atoms with Crippen molar-refractivity contribution in [1.29, 1.82) is 0 Å². The predicted molar refractivity (Wildman–Crippen MR) is 122 cm³/mol. The van der Waals surface area contributed by atoms with E-state index in [0.29, 0.717) is 28.6 Å². The van der Waals surface area contributed by atoms with Crippen LogP contribution in [-0.2, 0) is 4.74 Å². The lowest BCUT2D eigenvalue weighted by Gasteiger charge is -2.34. The molecule has 1 aliphatic carbocycles. The van der Waals surface area contributed by atoms with Crippen LogP contribution in [0.4, 0.5) is 17.3 Å². The number of hydrogen-bond acceptors (Lipinski definition) is 6. The van der Waals surface area contributed by atoms with Crippen LogP contribution in [-0.4, -0.2) is 54.8 Å². The highest BCUT2D eigenvalue weighted by atomic mass is 35.5. The molecule has 31 heavy (non-hydrogen) atoms. The summed E-state index contributed by atoms with van der Waals surface area (Å²) in [4.78, 5) is 26.5. The van der Waals surface area contributed by atoms with Crippen molar-refractivity contribution in [2.24, 2.45) is 5.41 Å². The predicted octanol–water partition coefficient (Wildman–Crippen LogP) is 3.99. The molecule has 1 spiro atoms. The van der Waals surface area contributed by atoms with Crippen molar-refractivity contribution in [3.05, 3.63) is 41.2 Å². The van der Waals surface area contributed by atoms with Crippen molar-refractivity contribution < 1.29 is 9.53 Å². The van der Waals surface area contributed by atoms with Crippen LogP contribution in [0.3, 0.4) is 0 Å². The topological polar surface area (TPSA) is 70.6 Å². The number of morpholine rings is 1. The van der Waals surface area contributed by atoms with Gasteiger partial charge in [-0.15, -0.1) is 0 Å². The van der Waals surface area contributed by atoms with Gasteiger partial charge in [-0.1, -0.05) is 17.7 Å². The summed E-state index contributed by atoms with van der Waals surface area (Å²) in [5, 5.41) is 3.36. The Morgan fingerprint density at radius 2 is 2.00 bits per heavy atom. The first-order valence-electron chi connectivity index (χ1n) is 11.1. The van der Waals surface area contributed by atoms with Gasteiger partial charge in [0.05, 0.1) is 24.0 Å². The average Bonchev–Trinajstić information content (AvgIpc) is 3.53. The van der Waals surface area contributed by atoms with E-state index in [9.17, 15) is 4.79 Å². The van der Waals surface area contributed by atoms with Crippen molar-refractivity contribution in [2.75, 3.05) is 47.9 Å². The Bertz CT molecular complexity index is 970. The Morgan fingerprint density at radius 3 is 2.74 bits per heavy atom. The maximum absolute atomic E-state index is 13.2. The van der Waals surface area contributed by atoms with E-state index >= 15 is 0 Å². The largest absolute Gasteiger partial charge is 0.375 e. The van der Waals surface area contributed by atoms with Crippen LogP contribution >= 0.6 is 11.6 Å². The highest BCUT2D eigenvalue weighted by molar-refractivity contribution is 6.29. The van der Waals surface area contributed by atoms with Crippen LogP contribution in [0.25, 0.3) is 0 Å². The van der Waals surface area contributed by atoms with Crippen molar-refractivity contribution in [1.82, 2.24) is 9.97 Å². The second-order valence-electron chi connectivity index (χ2n) is 8.97. The van der Waals surface area contributed by atoms with Crippen LogP contribution in [0.15, 0.2) is 30.5 Å². The summed E-state index contributed by atoms with van der Waals surface area (Å²) in [6.45, 7) is 6.20. The van der Waals surface area contributed by atoms with Crippen LogP contribution < -0.4 is 15.1 Å². The molecule has 1 N–H and O–H groups in total. The zero-order valence-corrected chi connectivity index (χ0v) is 18.6. The minimum absolute atomic E-state index is 0.163. The average molecular weight is 442 g/mol. The summed E-state index contributed by atoms with van der Waals surface area (Å²) in [7, 11) is 0. The van der Waals surface area contributed by atoms with Crippen molar-refractivity contribution in [3.63, 3.8) is 0 Å². The van der Waals surface area contributed by atoms with Gasteiger partial charge in [-0.3, -0.25) is 4.79 Å². The number of amides is 1. The molecule has 5 rings (SSSR count). The van der Waals surface area contributed by atoms with Crippen molar-refractivity contribution in [3.8, 4) is 0 Å². The molecule has 3 fully saturated rings. The smallest absolute Gasteiger partial charge is 0.260 e. The molecule has 2 saturated heterocycles. The number of hydrogen-bond donors (Lipinski definition) is 1. The van der Waals surface area contributed by atoms with E-state index in [2.05, 4.69) is 32.0 Å². The molecule has 7 nitrogen and oxygen atoms in total. The van der Waals surface area contributed by atoms with E-state index in [-0.39, 0.29) is 12.0 Å². The summed E-state index contributed by atoms with van der Waals surface area (Å²) >= 11 is 6.19. The molecule has 2 aliphatic heterocycles. The van der Waals surface area contributed by atoms with E-state index in [1.807, 2.05) is 18.2 Å². The summed E-state index contributed by atoms with van der Waals surface area (Å²) < 4.78 is 5.62. The van der Waals surface area contributed by atoms with Gasteiger partial charge in [-0.25, -0.2) is 9.97 Å². The molecular formula is C23H28ClN5O2. The van der Waals surface area contributed by atoms with Gasteiger partial charge in [0.15, 0.2) is 0 Å². The molecule has 1 saturated carbocycles. The second kappa shape index (κ2) is 8.28. The maximum atomic E-state index is 13.2. The van der Waals surface area contributed by atoms with Crippen molar-refractivity contribution >= 4 is 34.8 Å². The van der Waals surface area contributed by atoms with E-state index in [0.717, 1.165) is 37.7 Å². The third-order valence-corrected chi connectivity index (χ3v) is 6.96. The van der Waals surface area contributed by atoms with E-state index < -0.39 is 0 Å². The third kappa shape index (κ3) is 4.48. The molecule has 2 aromatic rings. The van der Waals surface area contributed by atoms with Crippen LogP contribution in [0, 0.1) is 5.41 Å². The first-order valence-corrected chi connectivity index (χ1v) is 11.4. The highest BCUT2D eigenvalue weighted by Crippen LogP contribution is 2.54. The quantitative estimate of drug-likeness (QED) is 0.723. The Kier molecular flexibility index (Phi) is 5.48. The van der Waals surface area contributed by atoms with Gasteiger partial charge in [0.2, 0.25) is 0 Å². The van der Waals surface area contributed by atoms with Crippen LogP contribution in [0.2, 0.25) is 5.15 Å². The fraction of sp³-hybridized carbons (Fsp3) is 0.522. The number of nitrogens with zero attached hydrogens (tertiary/aromatic N) is 4. The molecule has 0 unspecified atom stereocenters. The number of pyridine rings is 2. The SMILES string of the molecule is C[C@@H]1CN(c2cccc(NC(=O)c3cnc(Cl)cc3N3CCC4(CC3)CC4)n2)CCO1. The normalized spacial score (nSPS) is 22.5.